The maximum atomic E-state index is 9.58. The van der Waals surface area contributed by atoms with Crippen LogP contribution in [-0.2, 0) is 4.74 Å². The van der Waals surface area contributed by atoms with Gasteiger partial charge in [0.2, 0.25) is 0 Å². The van der Waals surface area contributed by atoms with E-state index in [0.717, 1.165) is 19.6 Å². The molecule has 0 aromatic rings. The van der Waals surface area contributed by atoms with Crippen LogP contribution in [0.15, 0.2) is 0 Å². The Morgan fingerprint density at radius 1 is 1.30 bits per heavy atom. The molecule has 1 saturated carbocycles. The van der Waals surface area contributed by atoms with Crippen LogP contribution < -0.4 is 5.32 Å². The first-order chi connectivity index (χ1) is 9.72. The molecule has 0 heterocycles. The van der Waals surface area contributed by atoms with Crippen LogP contribution in [0.25, 0.3) is 0 Å². The first-order valence-electron chi connectivity index (χ1n) is 8.46. The molecule has 0 saturated heterocycles. The summed E-state index contributed by atoms with van der Waals surface area (Å²) in [6, 6.07) is 2.51. The second-order valence-electron chi connectivity index (χ2n) is 6.22. The highest BCUT2D eigenvalue weighted by molar-refractivity contribution is 5.15. The summed E-state index contributed by atoms with van der Waals surface area (Å²) in [5, 5.41) is 13.0. The summed E-state index contributed by atoms with van der Waals surface area (Å²) >= 11 is 0. The molecule has 0 aliphatic heterocycles. The standard InChI is InChI=1S/C17H32N2O/c1-4-7-8-15(6-3)12-20-14-17(13-18,16-9-10-16)19-11-5-2/h15-16,19H,4-12,14H2,1-3H3. The van der Waals surface area contributed by atoms with Crippen molar-refractivity contribution in [3.63, 3.8) is 0 Å². The molecule has 3 heteroatoms. The van der Waals surface area contributed by atoms with Gasteiger partial charge in [-0.3, -0.25) is 5.32 Å². The molecular weight excluding hydrogens is 248 g/mol. The minimum atomic E-state index is -0.431. The zero-order valence-corrected chi connectivity index (χ0v) is 13.6. The first kappa shape index (κ1) is 17.5. The third-order valence-electron chi connectivity index (χ3n) is 4.39. The van der Waals surface area contributed by atoms with E-state index in [0.29, 0.717) is 18.4 Å². The fraction of sp³-hybridized carbons (Fsp3) is 0.941. The van der Waals surface area contributed by atoms with Crippen molar-refractivity contribution in [3.8, 4) is 6.07 Å². The Labute approximate surface area is 125 Å². The van der Waals surface area contributed by atoms with Gasteiger partial charge >= 0.3 is 0 Å². The Balaban J connectivity index is 2.39. The zero-order chi connectivity index (χ0) is 14.8. The number of nitrogens with zero attached hydrogens (tertiary/aromatic N) is 1. The number of rotatable bonds is 12. The molecule has 0 aromatic heterocycles. The highest BCUT2D eigenvalue weighted by atomic mass is 16.5. The average molecular weight is 280 g/mol. The lowest BCUT2D eigenvalue weighted by Gasteiger charge is -2.28. The van der Waals surface area contributed by atoms with Crippen LogP contribution in [-0.4, -0.2) is 25.3 Å². The normalized spacial score (nSPS) is 19.3. The molecule has 0 amide bonds. The Morgan fingerprint density at radius 3 is 2.55 bits per heavy atom. The molecule has 1 N–H and O–H groups in total. The lowest BCUT2D eigenvalue weighted by Crippen LogP contribution is -2.50. The second-order valence-corrected chi connectivity index (χ2v) is 6.22. The molecule has 0 spiro atoms. The minimum absolute atomic E-state index is 0.431. The van der Waals surface area contributed by atoms with Crippen LogP contribution in [0, 0.1) is 23.2 Å². The Morgan fingerprint density at radius 2 is 2.05 bits per heavy atom. The van der Waals surface area contributed by atoms with Crippen molar-refractivity contribution < 1.29 is 4.74 Å². The molecule has 20 heavy (non-hydrogen) atoms. The quantitative estimate of drug-likeness (QED) is 0.590. The number of nitrogens with one attached hydrogen (secondary N) is 1. The van der Waals surface area contributed by atoms with Crippen molar-refractivity contribution in [2.45, 2.75) is 71.3 Å². The number of ether oxygens (including phenoxy) is 1. The van der Waals surface area contributed by atoms with E-state index < -0.39 is 5.54 Å². The predicted octanol–water partition coefficient (Wildman–Crippen LogP) is 3.89. The second kappa shape index (κ2) is 9.37. The van der Waals surface area contributed by atoms with E-state index in [9.17, 15) is 5.26 Å². The van der Waals surface area contributed by atoms with Gasteiger partial charge in [0.25, 0.3) is 0 Å². The monoisotopic (exact) mass is 280 g/mol. The van der Waals surface area contributed by atoms with E-state index in [2.05, 4.69) is 32.2 Å². The van der Waals surface area contributed by atoms with Gasteiger partial charge in [-0.2, -0.15) is 5.26 Å². The van der Waals surface area contributed by atoms with Crippen molar-refractivity contribution in [2.24, 2.45) is 11.8 Å². The molecule has 1 aliphatic rings. The molecule has 3 nitrogen and oxygen atoms in total. The molecular formula is C17H32N2O. The molecule has 1 rings (SSSR count). The van der Waals surface area contributed by atoms with Crippen molar-refractivity contribution >= 4 is 0 Å². The van der Waals surface area contributed by atoms with Gasteiger partial charge in [0.05, 0.1) is 12.7 Å². The fourth-order valence-electron chi connectivity index (χ4n) is 2.69. The number of unbranched alkanes of at least 4 members (excludes halogenated alkanes) is 1. The molecule has 1 fully saturated rings. The van der Waals surface area contributed by atoms with E-state index in [1.54, 1.807) is 0 Å². The lowest BCUT2D eigenvalue weighted by molar-refractivity contribution is 0.0531. The van der Waals surface area contributed by atoms with Gasteiger partial charge < -0.3 is 4.74 Å². The number of hydrogen-bond acceptors (Lipinski definition) is 3. The van der Waals surface area contributed by atoms with Crippen molar-refractivity contribution in [2.75, 3.05) is 19.8 Å². The van der Waals surface area contributed by atoms with Crippen LogP contribution in [0.1, 0.15) is 65.7 Å². The highest BCUT2D eigenvalue weighted by Crippen LogP contribution is 2.39. The van der Waals surface area contributed by atoms with Crippen LogP contribution in [0.2, 0.25) is 0 Å². The lowest BCUT2D eigenvalue weighted by atomic mass is 9.95. The Kier molecular flexibility index (Phi) is 8.18. The summed E-state index contributed by atoms with van der Waals surface area (Å²) in [7, 11) is 0. The van der Waals surface area contributed by atoms with Crippen LogP contribution in [0.5, 0.6) is 0 Å². The van der Waals surface area contributed by atoms with E-state index in [4.69, 9.17) is 4.74 Å². The van der Waals surface area contributed by atoms with Gasteiger partial charge in [-0.1, -0.05) is 40.0 Å². The SMILES string of the molecule is CCCCC(CC)COCC(C#N)(NCCC)C1CC1. The summed E-state index contributed by atoms with van der Waals surface area (Å²) in [4.78, 5) is 0. The summed E-state index contributed by atoms with van der Waals surface area (Å²) in [6.07, 6.45) is 8.34. The molecule has 116 valence electrons. The third-order valence-corrected chi connectivity index (χ3v) is 4.39. The van der Waals surface area contributed by atoms with Gasteiger partial charge in [-0.25, -0.2) is 0 Å². The van der Waals surface area contributed by atoms with Crippen molar-refractivity contribution in [3.05, 3.63) is 0 Å². The van der Waals surface area contributed by atoms with Gasteiger partial charge in [-0.05, 0) is 44.1 Å². The molecule has 1 aliphatic carbocycles. The third kappa shape index (κ3) is 5.42. The van der Waals surface area contributed by atoms with Gasteiger partial charge in [0, 0.05) is 6.61 Å². The van der Waals surface area contributed by atoms with E-state index >= 15 is 0 Å². The number of nitriles is 1. The summed E-state index contributed by atoms with van der Waals surface area (Å²) in [5.41, 5.74) is -0.431. The largest absolute Gasteiger partial charge is 0.378 e. The molecule has 2 unspecified atom stereocenters. The Bertz CT molecular complexity index is 296. The average Bonchev–Trinajstić information content (AvgIpc) is 3.31. The van der Waals surface area contributed by atoms with E-state index in [-0.39, 0.29) is 0 Å². The van der Waals surface area contributed by atoms with Crippen molar-refractivity contribution in [1.29, 1.82) is 5.26 Å². The maximum absolute atomic E-state index is 9.58. The summed E-state index contributed by atoms with van der Waals surface area (Å²) in [6.45, 7) is 8.87. The molecule has 0 bridgehead atoms. The van der Waals surface area contributed by atoms with Crippen LogP contribution >= 0.6 is 0 Å². The van der Waals surface area contributed by atoms with E-state index in [1.165, 1.54) is 38.5 Å². The molecule has 0 radical (unpaired) electrons. The summed E-state index contributed by atoms with van der Waals surface area (Å²) in [5.74, 6) is 1.14. The smallest absolute Gasteiger partial charge is 0.133 e. The van der Waals surface area contributed by atoms with Crippen LogP contribution in [0.4, 0.5) is 0 Å². The van der Waals surface area contributed by atoms with E-state index in [1.807, 2.05) is 0 Å². The topological polar surface area (TPSA) is 45.0 Å². The van der Waals surface area contributed by atoms with Gasteiger partial charge in [0.15, 0.2) is 0 Å². The molecule has 0 aromatic carbocycles. The maximum Gasteiger partial charge on any atom is 0.133 e. The van der Waals surface area contributed by atoms with Crippen LogP contribution in [0.3, 0.4) is 0 Å². The molecule has 2 atom stereocenters. The fourth-order valence-corrected chi connectivity index (χ4v) is 2.69. The minimum Gasteiger partial charge on any atom is -0.378 e. The summed E-state index contributed by atoms with van der Waals surface area (Å²) < 4.78 is 5.95. The van der Waals surface area contributed by atoms with Gasteiger partial charge in [-0.15, -0.1) is 0 Å². The number of hydrogen-bond donors (Lipinski definition) is 1. The first-order valence-corrected chi connectivity index (χ1v) is 8.46. The predicted molar refractivity (Wildman–Crippen MR) is 83.5 cm³/mol. The van der Waals surface area contributed by atoms with Crippen molar-refractivity contribution in [1.82, 2.24) is 5.32 Å². The highest BCUT2D eigenvalue weighted by Gasteiger charge is 2.45. The Hall–Kier alpha value is -0.590. The zero-order valence-electron chi connectivity index (χ0n) is 13.6. The van der Waals surface area contributed by atoms with Gasteiger partial charge in [0.1, 0.15) is 5.54 Å².